The van der Waals surface area contributed by atoms with Crippen LogP contribution in [0.2, 0.25) is 0 Å². The molecule has 0 aliphatic heterocycles. The maximum absolute atomic E-state index is 12.5. The van der Waals surface area contributed by atoms with E-state index in [9.17, 15) is 9.59 Å². The van der Waals surface area contributed by atoms with Gasteiger partial charge in [-0.2, -0.15) is 4.98 Å². The molecule has 0 bridgehead atoms. The molecule has 3 aromatic rings. The second-order valence-corrected chi connectivity index (χ2v) is 4.83. The van der Waals surface area contributed by atoms with Gasteiger partial charge in [0.1, 0.15) is 0 Å². The molecule has 20 heavy (non-hydrogen) atoms. The fourth-order valence-electron chi connectivity index (χ4n) is 2.41. The molecule has 0 N–H and O–H groups in total. The van der Waals surface area contributed by atoms with Crippen molar-refractivity contribution in [3.05, 3.63) is 45.4 Å². The van der Waals surface area contributed by atoms with Crippen molar-refractivity contribution in [1.29, 1.82) is 0 Å². The van der Waals surface area contributed by atoms with E-state index in [-0.39, 0.29) is 17.8 Å². The van der Waals surface area contributed by atoms with Crippen molar-refractivity contribution in [1.82, 2.24) is 23.1 Å². The highest BCUT2D eigenvalue weighted by Gasteiger charge is 2.18. The van der Waals surface area contributed by atoms with Crippen LogP contribution in [0.1, 0.15) is 5.69 Å². The van der Waals surface area contributed by atoms with Crippen molar-refractivity contribution in [3.63, 3.8) is 0 Å². The summed E-state index contributed by atoms with van der Waals surface area (Å²) >= 11 is 0. The van der Waals surface area contributed by atoms with E-state index in [1.54, 1.807) is 11.4 Å². The Hall–Kier alpha value is -2.57. The molecule has 3 aromatic heterocycles. The Kier molecular flexibility index (Phi) is 2.47. The highest BCUT2D eigenvalue weighted by Crippen LogP contribution is 2.14. The minimum absolute atomic E-state index is 0.181. The Morgan fingerprint density at radius 1 is 1.30 bits per heavy atom. The van der Waals surface area contributed by atoms with Gasteiger partial charge in [-0.15, -0.1) is 6.58 Å². The first-order chi connectivity index (χ1) is 9.47. The Morgan fingerprint density at radius 2 is 2.00 bits per heavy atom. The topological polar surface area (TPSA) is 66.2 Å². The molecule has 7 nitrogen and oxygen atoms in total. The summed E-state index contributed by atoms with van der Waals surface area (Å²) in [6.07, 6.45) is 3.37. The average Bonchev–Trinajstić information content (AvgIpc) is 2.91. The summed E-state index contributed by atoms with van der Waals surface area (Å²) in [5.74, 6) is 0.640. The molecule has 3 rings (SSSR count). The number of rotatable bonds is 2. The molecule has 0 atom stereocenters. The maximum atomic E-state index is 12.5. The fraction of sp³-hybridized carbons (Fsp3) is 0.308. The molecule has 0 saturated carbocycles. The standard InChI is InChI=1S/C13H15N5O2/c1-5-6-17-11(19)9-10(16(4)13(17)20)14-12-15(3)8(2)7-18(9)12/h5,7H,1,6H2,2-4H3. The molecular formula is C13H15N5O2. The van der Waals surface area contributed by atoms with Gasteiger partial charge < -0.3 is 4.57 Å². The number of hydrogen-bond donors (Lipinski definition) is 0. The second-order valence-electron chi connectivity index (χ2n) is 4.83. The number of nitrogens with zero attached hydrogens (tertiary/aromatic N) is 5. The zero-order valence-corrected chi connectivity index (χ0v) is 11.6. The number of aromatic nitrogens is 5. The SMILES string of the molecule is C=CCn1c(=O)c2c(nc3n(C)c(C)cn23)n(C)c1=O. The third-order valence-corrected chi connectivity index (χ3v) is 3.61. The van der Waals surface area contributed by atoms with Crippen molar-refractivity contribution in [2.24, 2.45) is 14.1 Å². The summed E-state index contributed by atoms with van der Waals surface area (Å²) in [7, 11) is 3.49. The van der Waals surface area contributed by atoms with Crippen LogP contribution in [-0.4, -0.2) is 23.1 Å². The van der Waals surface area contributed by atoms with Crippen LogP contribution in [0.15, 0.2) is 28.4 Å². The quantitative estimate of drug-likeness (QED) is 0.626. The Balaban J connectivity index is 2.62. The molecule has 0 aromatic carbocycles. The number of fused-ring (bicyclic) bond motifs is 3. The molecular weight excluding hydrogens is 258 g/mol. The van der Waals surface area contributed by atoms with Gasteiger partial charge in [0.25, 0.3) is 5.56 Å². The van der Waals surface area contributed by atoms with E-state index in [2.05, 4.69) is 11.6 Å². The summed E-state index contributed by atoms with van der Waals surface area (Å²) in [5, 5.41) is 0. The third kappa shape index (κ3) is 1.37. The summed E-state index contributed by atoms with van der Waals surface area (Å²) in [4.78, 5) is 29.1. The summed E-state index contributed by atoms with van der Waals surface area (Å²) in [6, 6.07) is 0. The largest absolute Gasteiger partial charge is 0.332 e. The van der Waals surface area contributed by atoms with Crippen LogP contribution in [0.4, 0.5) is 0 Å². The zero-order chi connectivity index (χ0) is 14.6. The maximum Gasteiger partial charge on any atom is 0.332 e. The van der Waals surface area contributed by atoms with Crippen LogP contribution in [0.25, 0.3) is 16.9 Å². The van der Waals surface area contributed by atoms with Gasteiger partial charge in [0.05, 0.1) is 0 Å². The van der Waals surface area contributed by atoms with Gasteiger partial charge in [0.15, 0.2) is 11.2 Å². The molecule has 0 saturated heterocycles. The first-order valence-corrected chi connectivity index (χ1v) is 6.22. The van der Waals surface area contributed by atoms with Gasteiger partial charge in [-0.25, -0.2) is 4.79 Å². The summed E-state index contributed by atoms with van der Waals surface area (Å²) in [5.41, 5.74) is 1.06. The van der Waals surface area contributed by atoms with Crippen LogP contribution in [-0.2, 0) is 20.6 Å². The minimum Gasteiger partial charge on any atom is -0.317 e. The first-order valence-electron chi connectivity index (χ1n) is 6.22. The Bertz CT molecular complexity index is 967. The highest BCUT2D eigenvalue weighted by molar-refractivity contribution is 5.75. The lowest BCUT2D eigenvalue weighted by Crippen LogP contribution is -2.39. The van der Waals surface area contributed by atoms with E-state index in [0.29, 0.717) is 16.9 Å². The third-order valence-electron chi connectivity index (χ3n) is 3.61. The molecule has 7 heteroatoms. The number of aryl methyl sites for hydroxylation is 3. The lowest BCUT2D eigenvalue weighted by Gasteiger charge is -2.05. The summed E-state index contributed by atoms with van der Waals surface area (Å²) < 4.78 is 6.15. The first kappa shape index (κ1) is 12.5. The van der Waals surface area contributed by atoms with E-state index < -0.39 is 0 Å². The van der Waals surface area contributed by atoms with E-state index in [4.69, 9.17) is 0 Å². The van der Waals surface area contributed by atoms with Crippen molar-refractivity contribution < 1.29 is 0 Å². The van der Waals surface area contributed by atoms with Gasteiger partial charge in [0.2, 0.25) is 5.78 Å². The number of allylic oxidation sites excluding steroid dienone is 1. The molecule has 0 unspecified atom stereocenters. The van der Waals surface area contributed by atoms with Crippen LogP contribution in [0.5, 0.6) is 0 Å². The van der Waals surface area contributed by atoms with Crippen LogP contribution in [0, 0.1) is 6.92 Å². The lowest BCUT2D eigenvalue weighted by atomic mass is 10.4. The lowest BCUT2D eigenvalue weighted by molar-refractivity contribution is 0.667. The molecule has 3 heterocycles. The molecule has 0 aliphatic rings. The van der Waals surface area contributed by atoms with Gasteiger partial charge >= 0.3 is 5.69 Å². The van der Waals surface area contributed by atoms with Gasteiger partial charge in [-0.05, 0) is 6.92 Å². The van der Waals surface area contributed by atoms with Gasteiger partial charge in [0, 0.05) is 32.5 Å². The monoisotopic (exact) mass is 273 g/mol. The predicted molar refractivity (Wildman–Crippen MR) is 76.1 cm³/mol. The molecule has 0 spiro atoms. The van der Waals surface area contributed by atoms with E-state index >= 15 is 0 Å². The molecule has 0 fully saturated rings. The fourth-order valence-corrected chi connectivity index (χ4v) is 2.41. The Labute approximate surface area is 114 Å². The van der Waals surface area contributed by atoms with Crippen molar-refractivity contribution in [2.75, 3.05) is 0 Å². The molecule has 0 radical (unpaired) electrons. The van der Waals surface area contributed by atoms with Crippen molar-refractivity contribution >= 4 is 16.9 Å². The van der Waals surface area contributed by atoms with Crippen molar-refractivity contribution in [2.45, 2.75) is 13.5 Å². The smallest absolute Gasteiger partial charge is 0.317 e. The van der Waals surface area contributed by atoms with E-state index in [1.165, 1.54) is 10.6 Å². The van der Waals surface area contributed by atoms with Crippen molar-refractivity contribution in [3.8, 4) is 0 Å². The van der Waals surface area contributed by atoms with E-state index in [0.717, 1.165) is 10.3 Å². The molecule has 104 valence electrons. The molecule has 0 aliphatic carbocycles. The van der Waals surface area contributed by atoms with Gasteiger partial charge in [-0.3, -0.25) is 18.3 Å². The second kappa shape index (κ2) is 3.96. The highest BCUT2D eigenvalue weighted by atomic mass is 16.2. The Morgan fingerprint density at radius 3 is 2.65 bits per heavy atom. The average molecular weight is 273 g/mol. The minimum atomic E-state index is -0.387. The predicted octanol–water partition coefficient (Wildman–Crippen LogP) is 0.181. The summed E-state index contributed by atoms with van der Waals surface area (Å²) in [6.45, 7) is 5.70. The molecule has 0 amide bonds. The normalized spacial score (nSPS) is 11.6. The van der Waals surface area contributed by atoms with Crippen LogP contribution in [0.3, 0.4) is 0 Å². The van der Waals surface area contributed by atoms with Crippen LogP contribution < -0.4 is 11.2 Å². The van der Waals surface area contributed by atoms with Gasteiger partial charge in [-0.1, -0.05) is 6.08 Å². The number of imidazole rings is 2. The van der Waals surface area contributed by atoms with Crippen LogP contribution >= 0.6 is 0 Å². The van der Waals surface area contributed by atoms with E-state index in [1.807, 2.05) is 24.7 Å². The zero-order valence-electron chi connectivity index (χ0n) is 11.6. The number of hydrogen-bond acceptors (Lipinski definition) is 3.